The number of hydrogen-bond acceptors (Lipinski definition) is 10. The normalized spacial score (nSPS) is 13.0. The largest absolute Gasteiger partial charge is 0.490 e. The molecule has 0 aromatic heterocycles. The fourth-order valence-corrected chi connectivity index (χ4v) is 8.36. The van der Waals surface area contributed by atoms with E-state index in [1.54, 1.807) is 0 Å². The molecule has 0 aromatic rings. The molecule has 0 aromatic carbocycles. The number of carbonyl (C=O) groups is 4. The lowest BCUT2D eigenvalue weighted by Gasteiger charge is -2.22. The van der Waals surface area contributed by atoms with Crippen molar-refractivity contribution >= 4 is 23.9 Å². The van der Waals surface area contributed by atoms with Gasteiger partial charge in [-0.15, -0.1) is 0 Å². The van der Waals surface area contributed by atoms with Crippen molar-refractivity contribution in [1.29, 1.82) is 5.26 Å². The van der Waals surface area contributed by atoms with Gasteiger partial charge in [0.15, 0.2) is 5.57 Å². The predicted octanol–water partition coefficient (Wildman–Crippen LogP) is 14.4. The van der Waals surface area contributed by atoms with Crippen LogP contribution >= 0.6 is 0 Å². The number of nitrogens with zero attached hydrogens (tertiary/aromatic N) is 2. The topological polar surface area (TPSA) is 155 Å². The molecule has 14 heteroatoms. The number of unbranched alkanes of at least 4 members (excludes halogenated alkanes) is 23. The molecule has 1 atom stereocenters. The highest BCUT2D eigenvalue weighted by atomic mass is 19.4. The van der Waals surface area contributed by atoms with Crippen LogP contribution < -0.4 is 5.32 Å². The quantitative estimate of drug-likeness (QED) is 0.0340. The minimum Gasteiger partial charge on any atom is -0.475 e. The summed E-state index contributed by atoms with van der Waals surface area (Å²) in [7, 11) is 0. The second-order valence-corrected chi connectivity index (χ2v) is 18.8. The Morgan fingerprint density at radius 2 is 0.985 bits per heavy atom. The zero-order valence-electron chi connectivity index (χ0n) is 43.3. The zero-order valence-corrected chi connectivity index (χ0v) is 43.3. The van der Waals surface area contributed by atoms with Crippen LogP contribution in [0.5, 0.6) is 0 Å². The van der Waals surface area contributed by atoms with E-state index in [1.807, 2.05) is 6.07 Å². The van der Waals surface area contributed by atoms with Crippen molar-refractivity contribution in [2.45, 2.75) is 271 Å². The first-order valence-corrected chi connectivity index (χ1v) is 27.3. The third kappa shape index (κ3) is 38.5. The molecule has 0 fully saturated rings. The Labute approximate surface area is 410 Å². The van der Waals surface area contributed by atoms with Crippen LogP contribution in [-0.2, 0) is 33.4 Å². The van der Waals surface area contributed by atoms with Crippen molar-refractivity contribution in [2.24, 2.45) is 0 Å². The molecule has 1 aliphatic heterocycles. The average molecular weight is 972 g/mol. The molecule has 0 amide bonds. The van der Waals surface area contributed by atoms with E-state index < -0.39 is 18.1 Å². The summed E-state index contributed by atoms with van der Waals surface area (Å²) < 4.78 is 48.6. The Kier molecular flexibility index (Phi) is 42.6. The summed E-state index contributed by atoms with van der Waals surface area (Å²) in [5.41, 5.74) is 0.693. The Balaban J connectivity index is 0.00000590. The molecular weight excluding hydrogens is 876 g/mol. The first kappa shape index (κ1) is 64.7. The number of ether oxygens (including phenoxy) is 3. The number of carbonyl (C=O) groups excluding carboxylic acids is 3. The molecule has 11 nitrogen and oxygen atoms in total. The van der Waals surface area contributed by atoms with E-state index in [4.69, 9.17) is 24.1 Å². The monoisotopic (exact) mass is 972 g/mol. The zero-order chi connectivity index (χ0) is 50.5. The number of halogens is 3. The van der Waals surface area contributed by atoms with E-state index in [0.29, 0.717) is 25.1 Å². The first-order chi connectivity index (χ1) is 32.8. The maximum Gasteiger partial charge on any atom is 0.490 e. The Morgan fingerprint density at radius 1 is 0.618 bits per heavy atom. The Morgan fingerprint density at radius 3 is 1.40 bits per heavy atom. The number of aliphatic carboxylic acids is 1. The van der Waals surface area contributed by atoms with Gasteiger partial charge < -0.3 is 29.5 Å². The number of esters is 3. The van der Waals surface area contributed by atoms with Crippen LogP contribution in [0, 0.1) is 11.3 Å². The summed E-state index contributed by atoms with van der Waals surface area (Å²) in [4.78, 5) is 48.6. The molecule has 396 valence electrons. The Bertz CT molecular complexity index is 1340. The van der Waals surface area contributed by atoms with Crippen LogP contribution in [0.2, 0.25) is 0 Å². The van der Waals surface area contributed by atoms with E-state index in [-0.39, 0.29) is 36.3 Å². The lowest BCUT2D eigenvalue weighted by molar-refractivity contribution is -0.192. The molecule has 0 aliphatic carbocycles. The summed E-state index contributed by atoms with van der Waals surface area (Å²) in [5.74, 6) is -3.33. The SMILES string of the molecule is CCCCCCCCC(CC)OC(=O)CCCCCCCN(CCCCCCCC(=O)OC(CCCCCCCC)CCCCCCCC)CCCNC1=C(C#N)C(=O)OC1.O=C(O)C(F)(F)F. The molecule has 1 aliphatic rings. The van der Waals surface area contributed by atoms with Crippen LogP contribution in [0.1, 0.15) is 252 Å². The van der Waals surface area contributed by atoms with Crippen molar-refractivity contribution < 1.29 is 51.7 Å². The van der Waals surface area contributed by atoms with E-state index in [2.05, 4.69) is 37.9 Å². The van der Waals surface area contributed by atoms with E-state index in [1.165, 1.54) is 96.3 Å². The fraction of sp³-hybridized carbons (Fsp3) is 0.870. The third-order valence-electron chi connectivity index (χ3n) is 12.6. The van der Waals surface area contributed by atoms with Crippen LogP contribution in [0.3, 0.4) is 0 Å². The maximum absolute atomic E-state index is 12.9. The van der Waals surface area contributed by atoms with Gasteiger partial charge >= 0.3 is 30.1 Å². The van der Waals surface area contributed by atoms with Crippen LogP contribution in [0.4, 0.5) is 13.2 Å². The molecule has 0 spiro atoms. The molecule has 0 saturated carbocycles. The van der Waals surface area contributed by atoms with Crippen LogP contribution in [-0.4, -0.2) is 85.1 Å². The van der Waals surface area contributed by atoms with Crippen molar-refractivity contribution in [3.8, 4) is 6.07 Å². The molecule has 1 unspecified atom stereocenters. The van der Waals surface area contributed by atoms with E-state index in [9.17, 15) is 32.8 Å². The van der Waals surface area contributed by atoms with E-state index >= 15 is 0 Å². The number of carboxylic acids is 1. The molecule has 1 heterocycles. The minimum absolute atomic E-state index is 0.00296. The highest BCUT2D eigenvalue weighted by Crippen LogP contribution is 2.20. The number of nitrogens with one attached hydrogen (secondary N) is 1. The number of hydrogen-bond donors (Lipinski definition) is 2. The van der Waals surface area contributed by atoms with Gasteiger partial charge in [-0.1, -0.05) is 163 Å². The lowest BCUT2D eigenvalue weighted by Crippen LogP contribution is -2.30. The van der Waals surface area contributed by atoms with Gasteiger partial charge in [-0.3, -0.25) is 9.59 Å². The third-order valence-corrected chi connectivity index (χ3v) is 12.6. The minimum atomic E-state index is -5.08. The van der Waals surface area contributed by atoms with Gasteiger partial charge in [-0.25, -0.2) is 9.59 Å². The number of alkyl halides is 3. The maximum atomic E-state index is 12.9. The number of cyclic esters (lactones) is 1. The first-order valence-electron chi connectivity index (χ1n) is 27.3. The Hall–Kier alpha value is -3.34. The number of carboxylic acid groups (broad SMARTS) is 1. The predicted molar refractivity (Wildman–Crippen MR) is 266 cm³/mol. The second kappa shape index (κ2) is 44.8. The lowest BCUT2D eigenvalue weighted by atomic mass is 10.0. The van der Waals surface area contributed by atoms with E-state index in [0.717, 1.165) is 135 Å². The van der Waals surface area contributed by atoms with Gasteiger partial charge in [0.05, 0.1) is 5.70 Å². The molecular formula is C54H96F3N3O8. The van der Waals surface area contributed by atoms with Crippen molar-refractivity contribution in [2.75, 3.05) is 32.8 Å². The van der Waals surface area contributed by atoms with Gasteiger partial charge in [0.2, 0.25) is 0 Å². The van der Waals surface area contributed by atoms with Gasteiger partial charge in [0, 0.05) is 19.4 Å². The number of nitriles is 1. The van der Waals surface area contributed by atoms with Gasteiger partial charge in [-0.2, -0.15) is 18.4 Å². The van der Waals surface area contributed by atoms with Crippen molar-refractivity contribution in [3.05, 3.63) is 11.3 Å². The van der Waals surface area contributed by atoms with Gasteiger partial charge in [0.1, 0.15) is 24.9 Å². The molecule has 0 bridgehead atoms. The van der Waals surface area contributed by atoms with Gasteiger partial charge in [0.25, 0.3) is 0 Å². The summed E-state index contributed by atoms with van der Waals surface area (Å²) in [6.07, 6.45) is 34.4. The summed E-state index contributed by atoms with van der Waals surface area (Å²) >= 11 is 0. The summed E-state index contributed by atoms with van der Waals surface area (Å²) in [5, 5.41) is 19.7. The second-order valence-electron chi connectivity index (χ2n) is 18.8. The van der Waals surface area contributed by atoms with Crippen molar-refractivity contribution in [1.82, 2.24) is 10.2 Å². The smallest absolute Gasteiger partial charge is 0.475 e. The molecule has 68 heavy (non-hydrogen) atoms. The molecule has 2 N–H and O–H groups in total. The summed E-state index contributed by atoms with van der Waals surface area (Å²) in [6.45, 7) is 12.7. The fourth-order valence-electron chi connectivity index (χ4n) is 8.36. The van der Waals surface area contributed by atoms with Crippen molar-refractivity contribution in [3.63, 3.8) is 0 Å². The summed E-state index contributed by atoms with van der Waals surface area (Å²) in [6, 6.07) is 1.97. The standard InChI is InChI=1S/C52H95N3O6.C2HF3O2/c1-5-9-12-15-20-27-35-46(8-4)60-50(56)38-30-23-18-25-32-41-55(43-34-40-54-49-45-59-52(58)48(49)44-53)42-33-26-19-24-31-39-51(57)61-47(36-28-21-16-13-10-6-2)37-29-22-17-14-11-7-3;3-2(4,5)1(6)7/h46-47,54H,5-43,45H2,1-4H3;(H,6,7). The molecule has 0 saturated heterocycles. The van der Waals surface area contributed by atoms with Crippen LogP contribution in [0.25, 0.3) is 0 Å². The number of rotatable bonds is 45. The highest BCUT2D eigenvalue weighted by Gasteiger charge is 2.38. The molecule has 0 radical (unpaired) electrons. The highest BCUT2D eigenvalue weighted by molar-refractivity contribution is 5.95. The average Bonchev–Trinajstić information content (AvgIpc) is 3.67. The van der Waals surface area contributed by atoms with Gasteiger partial charge in [-0.05, 0) is 96.7 Å². The van der Waals surface area contributed by atoms with Crippen LogP contribution in [0.15, 0.2) is 11.3 Å². The molecule has 1 rings (SSSR count).